The zero-order valence-corrected chi connectivity index (χ0v) is 12.1. The van der Waals surface area contributed by atoms with Crippen LogP contribution in [-0.2, 0) is 16.6 Å². The van der Waals surface area contributed by atoms with E-state index in [1.807, 2.05) is 0 Å². The molecule has 0 fully saturated rings. The largest absolute Gasteiger partial charge is 0.398 e. The Morgan fingerprint density at radius 2 is 2.00 bits per heavy atom. The summed E-state index contributed by atoms with van der Waals surface area (Å²) in [7, 11) is -3.61. The third-order valence-corrected chi connectivity index (χ3v) is 4.44. The second-order valence-corrected chi connectivity index (χ2v) is 6.13. The molecule has 1 aromatic carbocycles. The van der Waals surface area contributed by atoms with Gasteiger partial charge in [0.15, 0.2) is 0 Å². The van der Waals surface area contributed by atoms with Gasteiger partial charge in [-0.2, -0.15) is 0 Å². The molecular formula is C13H16N4O2S. The molecule has 1 aromatic heterocycles. The Balaban J connectivity index is 2.22. The molecule has 0 bridgehead atoms. The normalized spacial score (nSPS) is 11.5. The lowest BCUT2D eigenvalue weighted by atomic mass is 10.2. The van der Waals surface area contributed by atoms with Crippen molar-refractivity contribution in [2.45, 2.75) is 25.3 Å². The van der Waals surface area contributed by atoms with Crippen LogP contribution >= 0.6 is 0 Å². The van der Waals surface area contributed by atoms with Crippen molar-refractivity contribution in [3.63, 3.8) is 0 Å². The summed E-state index contributed by atoms with van der Waals surface area (Å²) in [6.07, 6.45) is 1.59. The average Bonchev–Trinajstić information content (AvgIpc) is 2.40. The molecule has 0 aliphatic heterocycles. The van der Waals surface area contributed by atoms with E-state index in [9.17, 15) is 8.42 Å². The van der Waals surface area contributed by atoms with Crippen LogP contribution in [0, 0.1) is 13.8 Å². The topological polar surface area (TPSA) is 98.0 Å². The van der Waals surface area contributed by atoms with Gasteiger partial charge in [-0.3, -0.25) is 0 Å². The average molecular weight is 292 g/mol. The van der Waals surface area contributed by atoms with Crippen LogP contribution in [0.25, 0.3) is 0 Å². The van der Waals surface area contributed by atoms with Crippen molar-refractivity contribution in [1.82, 2.24) is 14.7 Å². The van der Waals surface area contributed by atoms with Gasteiger partial charge in [-0.05, 0) is 37.6 Å². The van der Waals surface area contributed by atoms with E-state index >= 15 is 0 Å². The van der Waals surface area contributed by atoms with E-state index in [1.165, 1.54) is 6.07 Å². The van der Waals surface area contributed by atoms with Gasteiger partial charge >= 0.3 is 0 Å². The van der Waals surface area contributed by atoms with Gasteiger partial charge in [0.25, 0.3) is 0 Å². The van der Waals surface area contributed by atoms with Gasteiger partial charge in [-0.15, -0.1) is 0 Å². The summed E-state index contributed by atoms with van der Waals surface area (Å²) in [4.78, 5) is 8.29. The van der Waals surface area contributed by atoms with Crippen molar-refractivity contribution in [2.75, 3.05) is 5.73 Å². The Labute approximate surface area is 118 Å². The second-order valence-electron chi connectivity index (χ2n) is 4.39. The van der Waals surface area contributed by atoms with Crippen LogP contribution in [-0.4, -0.2) is 18.4 Å². The highest BCUT2D eigenvalue weighted by Crippen LogP contribution is 2.20. The number of hydrogen-bond donors (Lipinski definition) is 2. The Bertz CT molecular complexity index is 729. The van der Waals surface area contributed by atoms with Gasteiger partial charge in [0.1, 0.15) is 5.82 Å². The summed E-state index contributed by atoms with van der Waals surface area (Å²) in [5.74, 6) is 0.599. The molecule has 0 atom stereocenters. The first-order chi connectivity index (χ1) is 9.40. The Kier molecular flexibility index (Phi) is 4.01. The number of nitrogens with one attached hydrogen (secondary N) is 1. The number of nitrogen functional groups attached to an aromatic ring is 1. The minimum Gasteiger partial charge on any atom is -0.398 e. The molecule has 2 aromatic rings. The number of benzene rings is 1. The smallest absolute Gasteiger partial charge is 0.241 e. The molecule has 3 N–H and O–H groups in total. The first kappa shape index (κ1) is 14.4. The van der Waals surface area contributed by atoms with Gasteiger partial charge in [0, 0.05) is 11.9 Å². The van der Waals surface area contributed by atoms with Crippen molar-refractivity contribution in [2.24, 2.45) is 0 Å². The van der Waals surface area contributed by atoms with Crippen molar-refractivity contribution >= 4 is 15.7 Å². The van der Waals surface area contributed by atoms with Crippen LogP contribution < -0.4 is 10.5 Å². The molecule has 1 heterocycles. The van der Waals surface area contributed by atoms with Crippen LogP contribution in [0.3, 0.4) is 0 Å². The van der Waals surface area contributed by atoms with Crippen molar-refractivity contribution < 1.29 is 8.42 Å². The fourth-order valence-corrected chi connectivity index (χ4v) is 3.04. The number of nitrogens with zero attached hydrogens (tertiary/aromatic N) is 2. The van der Waals surface area contributed by atoms with Crippen LogP contribution in [0.1, 0.15) is 17.1 Å². The highest BCUT2D eigenvalue weighted by Gasteiger charge is 2.17. The highest BCUT2D eigenvalue weighted by atomic mass is 32.2. The SMILES string of the molecule is Cc1nccc(CNS(=O)(=O)c2cccc(N)c2C)n1. The zero-order chi connectivity index (χ0) is 14.8. The predicted octanol–water partition coefficient (Wildman–Crippen LogP) is 1.15. The minimum absolute atomic E-state index is 0.111. The Morgan fingerprint density at radius 3 is 2.70 bits per heavy atom. The molecule has 0 unspecified atom stereocenters. The predicted molar refractivity (Wildman–Crippen MR) is 76.4 cm³/mol. The highest BCUT2D eigenvalue weighted by molar-refractivity contribution is 7.89. The summed E-state index contributed by atoms with van der Waals surface area (Å²) in [5, 5.41) is 0. The van der Waals surface area contributed by atoms with Crippen LogP contribution in [0.15, 0.2) is 35.4 Å². The first-order valence-electron chi connectivity index (χ1n) is 6.03. The van der Waals surface area contributed by atoms with Gasteiger partial charge in [-0.1, -0.05) is 6.07 Å². The lowest BCUT2D eigenvalue weighted by molar-refractivity contribution is 0.579. The standard InChI is InChI=1S/C13H16N4O2S/c1-9-12(14)4-3-5-13(9)20(18,19)16-8-11-6-7-15-10(2)17-11/h3-7,16H,8,14H2,1-2H3. The van der Waals surface area contributed by atoms with E-state index in [4.69, 9.17) is 5.73 Å². The van der Waals surface area contributed by atoms with Crippen LogP contribution in [0.5, 0.6) is 0 Å². The Morgan fingerprint density at radius 1 is 1.25 bits per heavy atom. The van der Waals surface area contributed by atoms with E-state index in [0.717, 1.165) is 0 Å². The molecule has 0 saturated heterocycles. The first-order valence-corrected chi connectivity index (χ1v) is 7.52. The molecule has 6 nitrogen and oxygen atoms in total. The third-order valence-electron chi connectivity index (χ3n) is 2.89. The van der Waals surface area contributed by atoms with Crippen molar-refractivity contribution in [3.05, 3.63) is 47.5 Å². The number of aromatic nitrogens is 2. The number of hydrogen-bond acceptors (Lipinski definition) is 5. The van der Waals surface area contributed by atoms with Crippen LogP contribution in [0.2, 0.25) is 0 Å². The molecule has 106 valence electrons. The maximum absolute atomic E-state index is 12.3. The summed E-state index contributed by atoms with van der Waals surface area (Å²) < 4.78 is 27.0. The quantitative estimate of drug-likeness (QED) is 0.824. The fourth-order valence-electron chi connectivity index (χ4n) is 1.77. The molecule has 0 amide bonds. The molecule has 0 aliphatic rings. The van der Waals surface area contributed by atoms with Gasteiger partial charge < -0.3 is 5.73 Å². The molecule has 0 spiro atoms. The van der Waals surface area contributed by atoms with Gasteiger partial charge in [-0.25, -0.2) is 23.1 Å². The van der Waals surface area contributed by atoms with E-state index in [1.54, 1.807) is 38.2 Å². The maximum Gasteiger partial charge on any atom is 0.241 e. The van der Waals surface area contributed by atoms with Gasteiger partial charge in [0.2, 0.25) is 10.0 Å². The maximum atomic E-state index is 12.3. The molecule has 7 heteroatoms. The third kappa shape index (κ3) is 3.12. The summed E-state index contributed by atoms with van der Waals surface area (Å²) >= 11 is 0. The molecule has 20 heavy (non-hydrogen) atoms. The minimum atomic E-state index is -3.61. The second kappa shape index (κ2) is 5.56. The summed E-state index contributed by atoms with van der Waals surface area (Å²) in [6, 6.07) is 6.48. The van der Waals surface area contributed by atoms with Gasteiger partial charge in [0.05, 0.1) is 17.1 Å². The van der Waals surface area contributed by atoms with E-state index in [0.29, 0.717) is 22.8 Å². The molecule has 0 radical (unpaired) electrons. The Hall–Kier alpha value is -1.99. The lowest BCUT2D eigenvalue weighted by Crippen LogP contribution is -2.24. The molecule has 2 rings (SSSR count). The van der Waals surface area contributed by atoms with Crippen LogP contribution in [0.4, 0.5) is 5.69 Å². The number of sulfonamides is 1. The zero-order valence-electron chi connectivity index (χ0n) is 11.3. The van der Waals surface area contributed by atoms with Crippen molar-refractivity contribution in [1.29, 1.82) is 0 Å². The number of rotatable bonds is 4. The van der Waals surface area contributed by atoms with E-state index in [-0.39, 0.29) is 11.4 Å². The monoisotopic (exact) mass is 292 g/mol. The number of aryl methyl sites for hydroxylation is 1. The van der Waals surface area contributed by atoms with E-state index < -0.39 is 10.0 Å². The lowest BCUT2D eigenvalue weighted by Gasteiger charge is -2.10. The number of nitrogens with two attached hydrogens (primary N) is 1. The summed E-state index contributed by atoms with van der Waals surface area (Å²) in [6.45, 7) is 3.54. The molecular weight excluding hydrogens is 276 g/mol. The summed E-state index contributed by atoms with van der Waals surface area (Å²) in [5.41, 5.74) is 7.34. The fraction of sp³-hybridized carbons (Fsp3) is 0.231. The number of anilines is 1. The van der Waals surface area contributed by atoms with Crippen molar-refractivity contribution in [3.8, 4) is 0 Å². The molecule has 0 saturated carbocycles. The molecule has 0 aliphatic carbocycles. The van der Waals surface area contributed by atoms with E-state index in [2.05, 4.69) is 14.7 Å².